The van der Waals surface area contributed by atoms with Crippen LogP contribution in [0.5, 0.6) is 11.5 Å². The van der Waals surface area contributed by atoms with Crippen LogP contribution < -0.4 is 4.74 Å². The first-order valence-corrected chi connectivity index (χ1v) is 5.77. The highest BCUT2D eigenvalue weighted by Crippen LogP contribution is 2.32. The van der Waals surface area contributed by atoms with Crippen LogP contribution in [-0.2, 0) is 6.42 Å². The van der Waals surface area contributed by atoms with Crippen molar-refractivity contribution in [2.24, 2.45) is 0 Å². The SMILES string of the molecule is CCCCCc1cc(C)cc(OC(=O)O)c1O. The van der Waals surface area contributed by atoms with E-state index in [1.54, 1.807) is 0 Å². The Hall–Kier alpha value is -1.71. The summed E-state index contributed by atoms with van der Waals surface area (Å²) in [6, 6.07) is 3.38. The van der Waals surface area contributed by atoms with Crippen molar-refractivity contribution in [3.8, 4) is 11.5 Å². The van der Waals surface area contributed by atoms with E-state index in [9.17, 15) is 9.90 Å². The second-order valence-electron chi connectivity index (χ2n) is 4.10. The van der Waals surface area contributed by atoms with Crippen molar-refractivity contribution in [2.75, 3.05) is 0 Å². The molecule has 1 aromatic carbocycles. The van der Waals surface area contributed by atoms with Crippen LogP contribution >= 0.6 is 0 Å². The third-order valence-corrected chi connectivity index (χ3v) is 2.55. The summed E-state index contributed by atoms with van der Waals surface area (Å²) in [5, 5.41) is 18.4. The molecular formula is C13H18O4. The minimum absolute atomic E-state index is 0.0176. The molecule has 0 heterocycles. The Labute approximate surface area is 101 Å². The summed E-state index contributed by atoms with van der Waals surface area (Å²) in [5.41, 5.74) is 1.63. The third-order valence-electron chi connectivity index (χ3n) is 2.55. The molecule has 94 valence electrons. The van der Waals surface area contributed by atoms with E-state index in [2.05, 4.69) is 11.7 Å². The largest absolute Gasteiger partial charge is 0.511 e. The van der Waals surface area contributed by atoms with Crippen LogP contribution in [0.25, 0.3) is 0 Å². The summed E-state index contributed by atoms with van der Waals surface area (Å²) in [7, 11) is 0. The molecule has 0 bridgehead atoms. The van der Waals surface area contributed by atoms with Crippen LogP contribution in [0.1, 0.15) is 37.3 Å². The highest BCUT2D eigenvalue weighted by Gasteiger charge is 2.12. The van der Waals surface area contributed by atoms with E-state index < -0.39 is 6.16 Å². The number of rotatable bonds is 5. The van der Waals surface area contributed by atoms with Crippen molar-refractivity contribution in [3.05, 3.63) is 23.3 Å². The standard InChI is InChI=1S/C13H18O4/c1-3-4-5-6-10-7-9(2)8-11(12(10)14)17-13(15)16/h7-8,14H,3-6H2,1-2H3,(H,15,16). The molecule has 17 heavy (non-hydrogen) atoms. The molecule has 1 aromatic rings. The monoisotopic (exact) mass is 238 g/mol. The van der Waals surface area contributed by atoms with Crippen molar-refractivity contribution in [2.45, 2.75) is 39.5 Å². The first-order valence-electron chi connectivity index (χ1n) is 5.77. The fraction of sp³-hybridized carbons (Fsp3) is 0.462. The zero-order valence-corrected chi connectivity index (χ0v) is 10.2. The van der Waals surface area contributed by atoms with Gasteiger partial charge in [0.25, 0.3) is 0 Å². The minimum Gasteiger partial charge on any atom is -0.504 e. The number of hydrogen-bond acceptors (Lipinski definition) is 3. The van der Waals surface area contributed by atoms with Crippen molar-refractivity contribution < 1.29 is 19.7 Å². The number of carboxylic acid groups (broad SMARTS) is 1. The predicted molar refractivity (Wildman–Crippen MR) is 64.7 cm³/mol. The molecular weight excluding hydrogens is 220 g/mol. The van der Waals surface area contributed by atoms with Gasteiger partial charge in [-0.05, 0) is 37.0 Å². The van der Waals surface area contributed by atoms with Crippen molar-refractivity contribution in [1.82, 2.24) is 0 Å². The molecule has 4 nitrogen and oxygen atoms in total. The minimum atomic E-state index is -1.41. The van der Waals surface area contributed by atoms with Gasteiger partial charge in [0, 0.05) is 0 Å². The van der Waals surface area contributed by atoms with Gasteiger partial charge in [0.2, 0.25) is 0 Å². The van der Waals surface area contributed by atoms with E-state index in [1.165, 1.54) is 6.07 Å². The summed E-state index contributed by atoms with van der Waals surface area (Å²) in [6.07, 6.45) is 2.48. The lowest BCUT2D eigenvalue weighted by molar-refractivity contribution is 0.143. The van der Waals surface area contributed by atoms with Gasteiger partial charge in [0.05, 0.1) is 0 Å². The van der Waals surface area contributed by atoms with Crippen LogP contribution in [0.4, 0.5) is 4.79 Å². The number of benzene rings is 1. The fourth-order valence-corrected chi connectivity index (χ4v) is 1.75. The summed E-state index contributed by atoms with van der Waals surface area (Å²) >= 11 is 0. The van der Waals surface area contributed by atoms with Crippen LogP contribution in [0, 0.1) is 6.92 Å². The van der Waals surface area contributed by atoms with Gasteiger partial charge in [0.15, 0.2) is 11.5 Å². The molecule has 0 aliphatic heterocycles. The maximum Gasteiger partial charge on any atom is 0.511 e. The third kappa shape index (κ3) is 3.98. The molecule has 0 atom stereocenters. The zero-order valence-electron chi connectivity index (χ0n) is 10.2. The second-order valence-corrected chi connectivity index (χ2v) is 4.10. The molecule has 4 heteroatoms. The number of hydrogen-bond donors (Lipinski definition) is 2. The Morgan fingerprint density at radius 3 is 2.65 bits per heavy atom. The number of unbranched alkanes of at least 4 members (excludes halogenated alkanes) is 2. The van der Waals surface area contributed by atoms with E-state index in [0.717, 1.165) is 36.8 Å². The molecule has 0 fully saturated rings. The Bertz CT molecular complexity index is 399. The van der Waals surface area contributed by atoms with Crippen molar-refractivity contribution in [3.63, 3.8) is 0 Å². The summed E-state index contributed by atoms with van der Waals surface area (Å²) in [4.78, 5) is 10.5. The molecule has 0 aliphatic rings. The molecule has 0 radical (unpaired) electrons. The lowest BCUT2D eigenvalue weighted by Crippen LogP contribution is -2.04. The molecule has 0 saturated heterocycles. The quantitative estimate of drug-likeness (QED) is 0.468. The second kappa shape index (κ2) is 6.13. The average molecular weight is 238 g/mol. The first-order chi connectivity index (χ1) is 8.04. The fourth-order valence-electron chi connectivity index (χ4n) is 1.75. The maximum absolute atomic E-state index is 10.5. The smallest absolute Gasteiger partial charge is 0.504 e. The van der Waals surface area contributed by atoms with Gasteiger partial charge < -0.3 is 14.9 Å². The van der Waals surface area contributed by atoms with Gasteiger partial charge in [-0.2, -0.15) is 0 Å². The van der Waals surface area contributed by atoms with E-state index in [1.807, 2.05) is 13.0 Å². The topological polar surface area (TPSA) is 66.8 Å². The molecule has 1 rings (SSSR count). The number of aromatic hydroxyl groups is 1. The van der Waals surface area contributed by atoms with E-state index in [-0.39, 0.29) is 11.5 Å². The van der Waals surface area contributed by atoms with Gasteiger partial charge in [-0.25, -0.2) is 4.79 Å². The van der Waals surface area contributed by atoms with Gasteiger partial charge in [-0.3, -0.25) is 0 Å². The Morgan fingerprint density at radius 2 is 2.06 bits per heavy atom. The molecule has 0 unspecified atom stereocenters. The zero-order chi connectivity index (χ0) is 12.8. The molecule has 0 aliphatic carbocycles. The Morgan fingerprint density at radius 1 is 1.35 bits per heavy atom. The van der Waals surface area contributed by atoms with E-state index >= 15 is 0 Å². The van der Waals surface area contributed by atoms with Crippen molar-refractivity contribution in [1.29, 1.82) is 0 Å². The summed E-state index contributed by atoms with van der Waals surface area (Å²) in [5.74, 6) is -0.0434. The predicted octanol–water partition coefficient (Wildman–Crippen LogP) is 3.49. The summed E-state index contributed by atoms with van der Waals surface area (Å²) in [6.45, 7) is 3.95. The summed E-state index contributed by atoms with van der Waals surface area (Å²) < 4.78 is 4.54. The van der Waals surface area contributed by atoms with Crippen LogP contribution in [-0.4, -0.2) is 16.4 Å². The molecule has 0 spiro atoms. The normalized spacial score (nSPS) is 10.2. The molecule has 0 amide bonds. The highest BCUT2D eigenvalue weighted by atomic mass is 16.7. The molecule has 0 aromatic heterocycles. The van der Waals surface area contributed by atoms with Crippen LogP contribution in [0.2, 0.25) is 0 Å². The maximum atomic E-state index is 10.5. The average Bonchev–Trinajstić information content (AvgIpc) is 2.24. The number of phenolic OH excluding ortho intramolecular Hbond substituents is 1. The van der Waals surface area contributed by atoms with E-state index in [4.69, 9.17) is 5.11 Å². The number of phenols is 1. The van der Waals surface area contributed by atoms with Crippen LogP contribution in [0.15, 0.2) is 12.1 Å². The van der Waals surface area contributed by atoms with Gasteiger partial charge in [-0.1, -0.05) is 25.8 Å². The Balaban J connectivity index is 2.89. The molecule has 0 saturated carbocycles. The van der Waals surface area contributed by atoms with Gasteiger partial charge >= 0.3 is 6.16 Å². The lowest BCUT2D eigenvalue weighted by atomic mass is 10.0. The van der Waals surface area contributed by atoms with Gasteiger partial charge in [0.1, 0.15) is 0 Å². The Kier molecular flexibility index (Phi) is 4.82. The number of ether oxygens (including phenoxy) is 1. The number of carbonyl (C=O) groups is 1. The van der Waals surface area contributed by atoms with Gasteiger partial charge in [-0.15, -0.1) is 0 Å². The van der Waals surface area contributed by atoms with Crippen molar-refractivity contribution >= 4 is 6.16 Å². The molecule has 2 N–H and O–H groups in total. The lowest BCUT2D eigenvalue weighted by Gasteiger charge is -2.10. The van der Waals surface area contributed by atoms with Crippen LogP contribution in [0.3, 0.4) is 0 Å². The first kappa shape index (κ1) is 13.4. The highest BCUT2D eigenvalue weighted by molar-refractivity contribution is 5.64. The van der Waals surface area contributed by atoms with E-state index in [0.29, 0.717) is 0 Å². The number of aryl methyl sites for hydroxylation is 2.